The Kier molecular flexibility index (Phi) is 4.28. The van der Waals surface area contributed by atoms with Crippen LogP contribution in [0.1, 0.15) is 39.5 Å². The maximum atomic E-state index is 12.1. The summed E-state index contributed by atoms with van der Waals surface area (Å²) in [5.41, 5.74) is -0.127. The molecule has 2 aliphatic rings. The van der Waals surface area contributed by atoms with Crippen LogP contribution < -0.4 is 5.32 Å². The summed E-state index contributed by atoms with van der Waals surface area (Å²) in [5, 5.41) is 3.17. The zero-order chi connectivity index (χ0) is 13.2. The molecule has 2 rings (SSSR count). The van der Waals surface area contributed by atoms with Gasteiger partial charge in [0.05, 0.1) is 5.60 Å². The molecule has 1 aliphatic heterocycles. The second kappa shape index (κ2) is 5.57. The molecule has 0 bridgehead atoms. The van der Waals surface area contributed by atoms with E-state index in [0.717, 1.165) is 31.8 Å². The number of ether oxygens (including phenoxy) is 1. The number of likely N-dealkylation sites (N-methyl/N-ethyl adjacent to an activating group) is 1. The second-order valence-electron chi connectivity index (χ2n) is 6.26. The van der Waals surface area contributed by atoms with Crippen molar-refractivity contribution in [2.75, 3.05) is 26.7 Å². The SMILES string of the molecule is CC1CCC(N(C)C(=O)COC2(C)CNC2)CC1. The molecule has 4 nitrogen and oxygen atoms in total. The predicted octanol–water partition coefficient (Wildman–Crippen LogP) is 1.40. The van der Waals surface area contributed by atoms with Crippen LogP contribution in [0, 0.1) is 5.92 Å². The third-order valence-corrected chi connectivity index (χ3v) is 4.47. The van der Waals surface area contributed by atoms with Crippen LogP contribution in [0.4, 0.5) is 0 Å². The Labute approximate surface area is 110 Å². The van der Waals surface area contributed by atoms with Crippen LogP contribution in [0.25, 0.3) is 0 Å². The number of carbonyl (C=O) groups excluding carboxylic acids is 1. The summed E-state index contributed by atoms with van der Waals surface area (Å²) in [4.78, 5) is 14.0. The number of carbonyl (C=O) groups is 1. The van der Waals surface area contributed by atoms with Crippen molar-refractivity contribution in [3.05, 3.63) is 0 Å². The Hall–Kier alpha value is -0.610. The lowest BCUT2D eigenvalue weighted by atomic mass is 9.87. The van der Waals surface area contributed by atoms with E-state index >= 15 is 0 Å². The molecule has 0 aromatic rings. The van der Waals surface area contributed by atoms with E-state index in [1.807, 2.05) is 11.9 Å². The minimum absolute atomic E-state index is 0.127. The summed E-state index contributed by atoms with van der Waals surface area (Å²) >= 11 is 0. The Morgan fingerprint density at radius 3 is 2.44 bits per heavy atom. The van der Waals surface area contributed by atoms with E-state index in [1.54, 1.807) is 0 Å². The minimum atomic E-state index is -0.127. The molecule has 4 heteroatoms. The van der Waals surface area contributed by atoms with Gasteiger partial charge in [0.1, 0.15) is 6.61 Å². The van der Waals surface area contributed by atoms with Crippen molar-refractivity contribution >= 4 is 5.91 Å². The molecule has 18 heavy (non-hydrogen) atoms. The monoisotopic (exact) mass is 254 g/mol. The van der Waals surface area contributed by atoms with Gasteiger partial charge < -0.3 is 15.0 Å². The van der Waals surface area contributed by atoms with Gasteiger partial charge in [0, 0.05) is 26.2 Å². The van der Waals surface area contributed by atoms with Crippen molar-refractivity contribution in [2.24, 2.45) is 5.92 Å². The van der Waals surface area contributed by atoms with Crippen molar-refractivity contribution in [2.45, 2.75) is 51.2 Å². The number of amides is 1. The first-order valence-electron chi connectivity index (χ1n) is 7.10. The maximum Gasteiger partial charge on any atom is 0.248 e. The van der Waals surface area contributed by atoms with Gasteiger partial charge in [-0.25, -0.2) is 0 Å². The average Bonchev–Trinajstić information content (AvgIpc) is 2.33. The zero-order valence-electron chi connectivity index (χ0n) is 11.9. The van der Waals surface area contributed by atoms with Crippen LogP contribution in [-0.4, -0.2) is 49.2 Å². The fourth-order valence-corrected chi connectivity index (χ4v) is 2.75. The van der Waals surface area contributed by atoms with Gasteiger partial charge in [-0.3, -0.25) is 4.79 Å². The normalized spacial score (nSPS) is 30.6. The van der Waals surface area contributed by atoms with Gasteiger partial charge in [-0.15, -0.1) is 0 Å². The highest BCUT2D eigenvalue weighted by molar-refractivity contribution is 5.77. The largest absolute Gasteiger partial charge is 0.363 e. The lowest BCUT2D eigenvalue weighted by Gasteiger charge is -2.40. The van der Waals surface area contributed by atoms with Crippen LogP contribution in [0.5, 0.6) is 0 Å². The standard InChI is InChI=1S/C14H26N2O2/c1-11-4-6-12(7-5-11)16(3)13(17)8-18-14(2)9-15-10-14/h11-12,15H,4-10H2,1-3H3. The molecule has 2 fully saturated rings. The molecule has 104 valence electrons. The molecule has 1 saturated carbocycles. The first-order chi connectivity index (χ1) is 8.50. The zero-order valence-corrected chi connectivity index (χ0v) is 11.9. The summed E-state index contributed by atoms with van der Waals surface area (Å²) < 4.78 is 5.71. The number of hydrogen-bond acceptors (Lipinski definition) is 3. The van der Waals surface area contributed by atoms with E-state index in [0.29, 0.717) is 6.04 Å². The first-order valence-corrected chi connectivity index (χ1v) is 7.10. The van der Waals surface area contributed by atoms with Gasteiger partial charge in [0.15, 0.2) is 0 Å². The summed E-state index contributed by atoms with van der Waals surface area (Å²) in [6.45, 7) is 6.28. The molecule has 1 heterocycles. The number of hydrogen-bond donors (Lipinski definition) is 1. The molecule has 1 N–H and O–H groups in total. The maximum absolute atomic E-state index is 12.1. The van der Waals surface area contributed by atoms with Crippen molar-refractivity contribution in [1.29, 1.82) is 0 Å². The van der Waals surface area contributed by atoms with Crippen molar-refractivity contribution in [3.63, 3.8) is 0 Å². The third-order valence-electron chi connectivity index (χ3n) is 4.47. The summed E-state index contributed by atoms with van der Waals surface area (Å²) in [6, 6.07) is 0.421. The van der Waals surface area contributed by atoms with E-state index < -0.39 is 0 Å². The van der Waals surface area contributed by atoms with Crippen molar-refractivity contribution in [1.82, 2.24) is 10.2 Å². The van der Waals surface area contributed by atoms with Crippen LogP contribution in [0.2, 0.25) is 0 Å². The van der Waals surface area contributed by atoms with Crippen LogP contribution in [-0.2, 0) is 9.53 Å². The molecular formula is C14H26N2O2. The summed E-state index contributed by atoms with van der Waals surface area (Å²) in [5.74, 6) is 0.948. The predicted molar refractivity (Wildman–Crippen MR) is 71.4 cm³/mol. The topological polar surface area (TPSA) is 41.6 Å². The number of rotatable bonds is 4. The molecule has 0 aromatic heterocycles. The lowest BCUT2D eigenvalue weighted by Crippen LogP contribution is -2.59. The van der Waals surface area contributed by atoms with Crippen LogP contribution in [0.3, 0.4) is 0 Å². The fourth-order valence-electron chi connectivity index (χ4n) is 2.75. The molecular weight excluding hydrogens is 228 g/mol. The number of nitrogens with one attached hydrogen (secondary N) is 1. The van der Waals surface area contributed by atoms with Crippen molar-refractivity contribution in [3.8, 4) is 0 Å². The van der Waals surface area contributed by atoms with Gasteiger partial charge in [0.25, 0.3) is 0 Å². The molecule has 0 aromatic carbocycles. The van der Waals surface area contributed by atoms with Gasteiger partial charge in [-0.05, 0) is 38.5 Å². The molecule has 0 radical (unpaired) electrons. The second-order valence-corrected chi connectivity index (χ2v) is 6.26. The quantitative estimate of drug-likeness (QED) is 0.824. The third kappa shape index (κ3) is 3.23. The molecule has 1 saturated heterocycles. The summed E-state index contributed by atoms with van der Waals surface area (Å²) in [6.07, 6.45) is 4.76. The van der Waals surface area contributed by atoms with Gasteiger partial charge in [-0.1, -0.05) is 6.92 Å². The highest BCUT2D eigenvalue weighted by Gasteiger charge is 2.34. The highest BCUT2D eigenvalue weighted by Crippen LogP contribution is 2.26. The van der Waals surface area contributed by atoms with Gasteiger partial charge in [-0.2, -0.15) is 0 Å². The van der Waals surface area contributed by atoms with Gasteiger partial charge >= 0.3 is 0 Å². The fraction of sp³-hybridized carbons (Fsp3) is 0.929. The average molecular weight is 254 g/mol. The minimum Gasteiger partial charge on any atom is -0.363 e. The molecule has 0 atom stereocenters. The Morgan fingerprint density at radius 2 is 1.94 bits per heavy atom. The smallest absolute Gasteiger partial charge is 0.248 e. The lowest BCUT2D eigenvalue weighted by molar-refractivity contribution is -0.147. The summed E-state index contributed by atoms with van der Waals surface area (Å²) in [7, 11) is 1.92. The van der Waals surface area contributed by atoms with Gasteiger partial charge in [0.2, 0.25) is 5.91 Å². The first kappa shape index (κ1) is 13.8. The number of nitrogens with zero attached hydrogens (tertiary/aromatic N) is 1. The molecule has 0 spiro atoms. The van der Waals surface area contributed by atoms with Crippen molar-refractivity contribution < 1.29 is 9.53 Å². The van der Waals surface area contributed by atoms with E-state index in [9.17, 15) is 4.79 Å². The molecule has 0 unspecified atom stereocenters. The van der Waals surface area contributed by atoms with Crippen LogP contribution >= 0.6 is 0 Å². The Bertz CT molecular complexity index is 294. The molecule has 1 aliphatic carbocycles. The van der Waals surface area contributed by atoms with E-state index in [4.69, 9.17) is 4.74 Å². The van der Waals surface area contributed by atoms with E-state index in [2.05, 4.69) is 19.2 Å². The highest BCUT2D eigenvalue weighted by atomic mass is 16.5. The Balaban J connectivity index is 1.74. The molecule has 1 amide bonds. The Morgan fingerprint density at radius 1 is 1.33 bits per heavy atom. The van der Waals surface area contributed by atoms with Crippen LogP contribution in [0.15, 0.2) is 0 Å². The van der Waals surface area contributed by atoms with E-state index in [1.165, 1.54) is 12.8 Å². The van der Waals surface area contributed by atoms with E-state index in [-0.39, 0.29) is 18.1 Å².